The van der Waals surface area contributed by atoms with E-state index in [0.717, 1.165) is 17.5 Å². The van der Waals surface area contributed by atoms with Gasteiger partial charge in [0, 0.05) is 5.92 Å². The molecular weight excluding hydrogens is 174 g/mol. The molecule has 3 atom stereocenters. The quantitative estimate of drug-likeness (QED) is 0.681. The summed E-state index contributed by atoms with van der Waals surface area (Å²) >= 11 is 0. The third-order valence-corrected chi connectivity index (χ3v) is 4.22. The number of aromatic nitrogens is 1. The van der Waals surface area contributed by atoms with Crippen LogP contribution in [0.2, 0.25) is 0 Å². The largest absolute Gasteiger partial charge is 0.448 e. The van der Waals surface area contributed by atoms with Crippen molar-refractivity contribution in [2.24, 2.45) is 11.3 Å². The van der Waals surface area contributed by atoms with Gasteiger partial charge in [0.2, 0.25) is 0 Å². The second-order valence-corrected chi connectivity index (χ2v) is 5.38. The Kier molecular flexibility index (Phi) is 1.59. The van der Waals surface area contributed by atoms with Gasteiger partial charge in [0.1, 0.15) is 6.26 Å². The second-order valence-electron chi connectivity index (χ2n) is 5.38. The number of aryl methyl sites for hydroxylation is 1. The molecule has 2 heteroatoms. The Labute approximate surface area is 84.7 Å². The van der Waals surface area contributed by atoms with E-state index in [1.54, 1.807) is 6.26 Å². The summed E-state index contributed by atoms with van der Waals surface area (Å²) in [4.78, 5) is 4.49. The molecule has 0 saturated heterocycles. The van der Waals surface area contributed by atoms with E-state index in [1.165, 1.54) is 25.7 Å². The lowest BCUT2D eigenvalue weighted by Gasteiger charge is -2.28. The highest BCUT2D eigenvalue weighted by molar-refractivity contribution is 5.12. The van der Waals surface area contributed by atoms with Crippen LogP contribution in [0.15, 0.2) is 10.7 Å². The third-order valence-electron chi connectivity index (χ3n) is 4.22. The van der Waals surface area contributed by atoms with Crippen LogP contribution in [0.25, 0.3) is 0 Å². The summed E-state index contributed by atoms with van der Waals surface area (Å²) in [6.07, 6.45) is 7.26. The first-order valence-corrected chi connectivity index (χ1v) is 5.59. The Morgan fingerprint density at radius 2 is 2.43 bits per heavy atom. The molecule has 2 bridgehead atoms. The molecule has 2 aliphatic carbocycles. The van der Waals surface area contributed by atoms with Crippen molar-refractivity contribution in [3.8, 4) is 0 Å². The fraction of sp³-hybridized carbons (Fsp3) is 0.750. The molecule has 1 heterocycles. The van der Waals surface area contributed by atoms with Crippen LogP contribution in [-0.2, 0) is 0 Å². The molecule has 14 heavy (non-hydrogen) atoms. The summed E-state index contributed by atoms with van der Waals surface area (Å²) in [5, 5.41) is 0. The zero-order valence-corrected chi connectivity index (χ0v) is 8.92. The van der Waals surface area contributed by atoms with Crippen LogP contribution in [0.1, 0.15) is 50.1 Å². The van der Waals surface area contributed by atoms with Gasteiger partial charge in [0.05, 0.1) is 5.69 Å². The topological polar surface area (TPSA) is 26.0 Å². The standard InChI is InChI=1S/C12H17NO/c1-8-7-14-11(13-8)10-5-9-3-4-12(10,2)6-9/h7,9-10H,3-6H2,1-2H3. The lowest BCUT2D eigenvalue weighted by molar-refractivity contribution is 0.242. The lowest BCUT2D eigenvalue weighted by atomic mass is 9.76. The van der Waals surface area contributed by atoms with Gasteiger partial charge in [-0.1, -0.05) is 6.92 Å². The molecule has 0 aromatic carbocycles. The summed E-state index contributed by atoms with van der Waals surface area (Å²) in [5.41, 5.74) is 1.51. The van der Waals surface area contributed by atoms with Gasteiger partial charge in [0.15, 0.2) is 5.89 Å². The van der Waals surface area contributed by atoms with Crippen LogP contribution >= 0.6 is 0 Å². The van der Waals surface area contributed by atoms with E-state index in [2.05, 4.69) is 11.9 Å². The maximum absolute atomic E-state index is 5.55. The van der Waals surface area contributed by atoms with Crippen molar-refractivity contribution in [1.29, 1.82) is 0 Å². The molecule has 1 aromatic rings. The maximum atomic E-state index is 5.55. The van der Waals surface area contributed by atoms with Crippen LogP contribution in [0.5, 0.6) is 0 Å². The fourth-order valence-electron chi connectivity index (χ4n) is 3.46. The summed E-state index contributed by atoms with van der Waals surface area (Å²) < 4.78 is 5.55. The van der Waals surface area contributed by atoms with Gasteiger partial charge in [-0.05, 0) is 43.9 Å². The molecule has 3 rings (SSSR count). The molecule has 2 saturated carbocycles. The van der Waals surface area contributed by atoms with Crippen molar-refractivity contribution < 1.29 is 4.42 Å². The predicted molar refractivity (Wildman–Crippen MR) is 54.0 cm³/mol. The molecule has 3 unspecified atom stereocenters. The Balaban J connectivity index is 1.94. The summed E-state index contributed by atoms with van der Waals surface area (Å²) in [7, 11) is 0. The molecule has 2 nitrogen and oxygen atoms in total. The Morgan fingerprint density at radius 1 is 1.57 bits per heavy atom. The monoisotopic (exact) mass is 191 g/mol. The van der Waals surface area contributed by atoms with Crippen molar-refractivity contribution in [3.63, 3.8) is 0 Å². The van der Waals surface area contributed by atoms with Gasteiger partial charge in [-0.3, -0.25) is 0 Å². The first-order chi connectivity index (χ1) is 6.67. The number of hydrogen-bond donors (Lipinski definition) is 0. The van der Waals surface area contributed by atoms with E-state index in [9.17, 15) is 0 Å². The fourth-order valence-corrected chi connectivity index (χ4v) is 3.46. The van der Waals surface area contributed by atoms with Crippen molar-refractivity contribution in [2.45, 2.75) is 45.4 Å². The first kappa shape index (κ1) is 8.51. The number of hydrogen-bond acceptors (Lipinski definition) is 2. The van der Waals surface area contributed by atoms with Gasteiger partial charge in [0.25, 0.3) is 0 Å². The van der Waals surface area contributed by atoms with Crippen LogP contribution in [0.4, 0.5) is 0 Å². The highest BCUT2D eigenvalue weighted by Gasteiger charge is 2.51. The molecule has 2 aliphatic rings. The number of oxazole rings is 1. The Morgan fingerprint density at radius 3 is 2.93 bits per heavy atom. The van der Waals surface area contributed by atoms with Crippen LogP contribution in [0, 0.1) is 18.3 Å². The predicted octanol–water partition coefficient (Wildman–Crippen LogP) is 3.28. The zero-order chi connectivity index (χ0) is 9.76. The molecule has 76 valence electrons. The molecule has 0 N–H and O–H groups in total. The minimum Gasteiger partial charge on any atom is -0.448 e. The third kappa shape index (κ3) is 1.06. The van der Waals surface area contributed by atoms with E-state index in [0.29, 0.717) is 11.3 Å². The van der Waals surface area contributed by atoms with Gasteiger partial charge >= 0.3 is 0 Å². The van der Waals surface area contributed by atoms with Crippen molar-refractivity contribution >= 4 is 0 Å². The number of nitrogens with zero attached hydrogens (tertiary/aromatic N) is 1. The summed E-state index contributed by atoms with van der Waals surface area (Å²) in [6.45, 7) is 4.41. The Bertz CT molecular complexity index is 357. The average molecular weight is 191 g/mol. The normalized spacial score (nSPS) is 40.7. The van der Waals surface area contributed by atoms with Gasteiger partial charge < -0.3 is 4.42 Å². The zero-order valence-electron chi connectivity index (χ0n) is 8.92. The number of fused-ring (bicyclic) bond motifs is 2. The molecule has 2 fully saturated rings. The van der Waals surface area contributed by atoms with Crippen molar-refractivity contribution in [3.05, 3.63) is 17.8 Å². The van der Waals surface area contributed by atoms with Crippen molar-refractivity contribution in [2.75, 3.05) is 0 Å². The van der Waals surface area contributed by atoms with Crippen LogP contribution < -0.4 is 0 Å². The highest BCUT2D eigenvalue weighted by Crippen LogP contribution is 2.60. The first-order valence-electron chi connectivity index (χ1n) is 5.59. The molecule has 0 radical (unpaired) electrons. The highest BCUT2D eigenvalue weighted by atomic mass is 16.3. The molecule has 0 spiro atoms. The van der Waals surface area contributed by atoms with Gasteiger partial charge in [-0.15, -0.1) is 0 Å². The minimum absolute atomic E-state index is 0.488. The summed E-state index contributed by atoms with van der Waals surface area (Å²) in [6, 6.07) is 0. The van der Waals surface area contributed by atoms with E-state index >= 15 is 0 Å². The molecule has 0 aliphatic heterocycles. The van der Waals surface area contributed by atoms with Crippen LogP contribution in [-0.4, -0.2) is 4.98 Å². The smallest absolute Gasteiger partial charge is 0.197 e. The lowest BCUT2D eigenvalue weighted by Crippen LogP contribution is -2.19. The average Bonchev–Trinajstić information content (AvgIpc) is 2.76. The van der Waals surface area contributed by atoms with E-state index < -0.39 is 0 Å². The molecular formula is C12H17NO. The van der Waals surface area contributed by atoms with Crippen molar-refractivity contribution in [1.82, 2.24) is 4.98 Å². The SMILES string of the molecule is Cc1coc(C2CC3CCC2(C)C3)n1. The van der Waals surface area contributed by atoms with E-state index in [1.807, 2.05) is 6.92 Å². The van der Waals surface area contributed by atoms with Gasteiger partial charge in [-0.25, -0.2) is 4.98 Å². The minimum atomic E-state index is 0.488. The number of rotatable bonds is 1. The second kappa shape index (κ2) is 2.62. The van der Waals surface area contributed by atoms with Gasteiger partial charge in [-0.2, -0.15) is 0 Å². The van der Waals surface area contributed by atoms with E-state index in [-0.39, 0.29) is 0 Å². The van der Waals surface area contributed by atoms with Crippen LogP contribution in [0.3, 0.4) is 0 Å². The maximum Gasteiger partial charge on any atom is 0.197 e. The summed E-state index contributed by atoms with van der Waals surface area (Å²) in [5.74, 6) is 2.53. The van der Waals surface area contributed by atoms with E-state index in [4.69, 9.17) is 4.42 Å². The Hall–Kier alpha value is -0.790. The molecule has 0 amide bonds. The molecule has 1 aromatic heterocycles.